The third kappa shape index (κ3) is 3.71. The molecule has 0 bridgehead atoms. The molecule has 2 aliphatic rings. The highest BCUT2D eigenvalue weighted by atomic mass is 16.6. The molecule has 4 rings (SSSR count). The summed E-state index contributed by atoms with van der Waals surface area (Å²) in [6, 6.07) is 12.6. The molecule has 1 amide bonds. The summed E-state index contributed by atoms with van der Waals surface area (Å²) in [4.78, 5) is 30.2. The molecule has 1 fully saturated rings. The molecular formula is C22H20N2O5. The van der Waals surface area contributed by atoms with Gasteiger partial charge in [0.15, 0.2) is 5.70 Å². The predicted molar refractivity (Wildman–Crippen MR) is 108 cm³/mol. The van der Waals surface area contributed by atoms with Crippen molar-refractivity contribution in [3.05, 3.63) is 59.3 Å². The second-order valence-corrected chi connectivity index (χ2v) is 6.64. The van der Waals surface area contributed by atoms with Crippen molar-refractivity contribution in [1.29, 1.82) is 0 Å². The number of hydrogen-bond acceptors (Lipinski definition) is 6. The maximum absolute atomic E-state index is 12.3. The Bertz CT molecular complexity index is 1020. The van der Waals surface area contributed by atoms with Gasteiger partial charge in [-0.25, -0.2) is 9.79 Å². The van der Waals surface area contributed by atoms with E-state index in [1.807, 2.05) is 12.1 Å². The number of benzene rings is 2. The Morgan fingerprint density at radius 1 is 1.07 bits per heavy atom. The first-order valence-corrected chi connectivity index (χ1v) is 9.24. The molecule has 0 atom stereocenters. The summed E-state index contributed by atoms with van der Waals surface area (Å²) in [5, 5.41) is 0. The first kappa shape index (κ1) is 18.7. The first-order valence-electron chi connectivity index (χ1n) is 9.24. The molecule has 0 aromatic heterocycles. The number of anilines is 1. The highest BCUT2D eigenvalue weighted by Gasteiger charge is 2.26. The van der Waals surface area contributed by atoms with E-state index in [2.05, 4.69) is 4.99 Å². The average Bonchev–Trinajstić information content (AvgIpc) is 3.34. The van der Waals surface area contributed by atoms with Gasteiger partial charge in [0, 0.05) is 35.8 Å². The van der Waals surface area contributed by atoms with E-state index < -0.39 is 5.97 Å². The maximum atomic E-state index is 12.3. The molecule has 2 heterocycles. The molecule has 1 saturated heterocycles. The Morgan fingerprint density at radius 2 is 1.86 bits per heavy atom. The molecule has 0 N–H and O–H groups in total. The van der Waals surface area contributed by atoms with E-state index in [1.165, 1.54) is 0 Å². The fraction of sp³-hybridized carbons (Fsp3) is 0.227. The van der Waals surface area contributed by atoms with Gasteiger partial charge in [0.2, 0.25) is 11.8 Å². The molecule has 2 aromatic rings. The third-order valence-electron chi connectivity index (χ3n) is 4.85. The van der Waals surface area contributed by atoms with Crippen molar-refractivity contribution in [2.45, 2.75) is 12.8 Å². The van der Waals surface area contributed by atoms with Gasteiger partial charge in [0.1, 0.15) is 11.5 Å². The van der Waals surface area contributed by atoms with Gasteiger partial charge in [0.25, 0.3) is 0 Å². The smallest absolute Gasteiger partial charge is 0.363 e. The zero-order valence-corrected chi connectivity index (χ0v) is 16.2. The van der Waals surface area contributed by atoms with Crippen LogP contribution in [0.25, 0.3) is 6.08 Å². The fourth-order valence-electron chi connectivity index (χ4n) is 3.32. The molecule has 148 valence electrons. The molecule has 0 radical (unpaired) electrons. The average molecular weight is 392 g/mol. The van der Waals surface area contributed by atoms with Crippen LogP contribution in [-0.2, 0) is 14.3 Å². The molecule has 0 spiro atoms. The molecule has 2 aliphatic heterocycles. The summed E-state index contributed by atoms with van der Waals surface area (Å²) < 4.78 is 15.9. The lowest BCUT2D eigenvalue weighted by atomic mass is 10.1. The minimum Gasteiger partial charge on any atom is -0.497 e. The van der Waals surface area contributed by atoms with E-state index in [9.17, 15) is 9.59 Å². The second kappa shape index (κ2) is 7.79. The Hall–Kier alpha value is -3.61. The number of cyclic esters (lactones) is 1. The van der Waals surface area contributed by atoms with Crippen molar-refractivity contribution in [3.63, 3.8) is 0 Å². The molecule has 29 heavy (non-hydrogen) atoms. The van der Waals surface area contributed by atoms with Crippen LogP contribution in [0.4, 0.5) is 5.69 Å². The van der Waals surface area contributed by atoms with Gasteiger partial charge in [-0.15, -0.1) is 0 Å². The summed E-state index contributed by atoms with van der Waals surface area (Å²) in [6.07, 6.45) is 3.06. The topological polar surface area (TPSA) is 77.4 Å². The minimum atomic E-state index is -0.531. The highest BCUT2D eigenvalue weighted by molar-refractivity contribution is 6.13. The van der Waals surface area contributed by atoms with Crippen molar-refractivity contribution in [1.82, 2.24) is 0 Å². The van der Waals surface area contributed by atoms with E-state index in [0.29, 0.717) is 29.0 Å². The van der Waals surface area contributed by atoms with Crippen LogP contribution in [0.1, 0.15) is 24.0 Å². The van der Waals surface area contributed by atoms with E-state index in [0.717, 1.165) is 18.7 Å². The lowest BCUT2D eigenvalue weighted by molar-refractivity contribution is -0.130. The Kier molecular flexibility index (Phi) is 5.03. The number of methoxy groups -OCH3 is 2. The number of hydrogen-bond donors (Lipinski definition) is 0. The van der Waals surface area contributed by atoms with Crippen LogP contribution in [0.15, 0.2) is 53.2 Å². The van der Waals surface area contributed by atoms with E-state index >= 15 is 0 Å². The molecule has 0 aliphatic carbocycles. The van der Waals surface area contributed by atoms with Crippen molar-refractivity contribution in [3.8, 4) is 11.5 Å². The maximum Gasteiger partial charge on any atom is 0.363 e. The predicted octanol–water partition coefficient (Wildman–Crippen LogP) is 3.18. The molecule has 0 saturated carbocycles. The number of aliphatic imine (C=N–C) groups is 1. The van der Waals surface area contributed by atoms with Crippen molar-refractivity contribution in [2.75, 3.05) is 25.7 Å². The van der Waals surface area contributed by atoms with Crippen LogP contribution in [0.3, 0.4) is 0 Å². The second-order valence-electron chi connectivity index (χ2n) is 6.64. The summed E-state index contributed by atoms with van der Waals surface area (Å²) in [7, 11) is 3.12. The van der Waals surface area contributed by atoms with Gasteiger partial charge >= 0.3 is 5.97 Å². The number of esters is 1. The van der Waals surface area contributed by atoms with Gasteiger partial charge in [0.05, 0.1) is 14.2 Å². The molecular weight excluding hydrogens is 372 g/mol. The standard InChI is InChI=1S/C22H20N2O5/c1-27-17-10-7-15(19(13-17)28-2)12-18-22(26)29-21(23-18)14-5-8-16(9-6-14)24-11-3-4-20(24)25/h5-10,12-13H,3-4,11H2,1-2H3. The first-order chi connectivity index (χ1) is 14.1. The SMILES string of the molecule is COc1ccc(C=C2N=C(c3ccc(N4CCCC4=O)cc3)OC2=O)c(OC)c1. The summed E-state index contributed by atoms with van der Waals surface area (Å²) in [5.41, 5.74) is 2.37. The van der Waals surface area contributed by atoms with Crippen LogP contribution in [0.2, 0.25) is 0 Å². The zero-order valence-electron chi connectivity index (χ0n) is 16.2. The lowest BCUT2D eigenvalue weighted by Crippen LogP contribution is -2.23. The van der Waals surface area contributed by atoms with E-state index in [4.69, 9.17) is 14.2 Å². The van der Waals surface area contributed by atoms with Crippen LogP contribution >= 0.6 is 0 Å². The minimum absolute atomic E-state index is 0.126. The molecule has 0 unspecified atom stereocenters. The van der Waals surface area contributed by atoms with E-state index in [1.54, 1.807) is 55.5 Å². The van der Waals surface area contributed by atoms with Gasteiger partial charge in [-0.1, -0.05) is 0 Å². The fourth-order valence-corrected chi connectivity index (χ4v) is 3.32. The number of ether oxygens (including phenoxy) is 3. The Morgan fingerprint density at radius 3 is 2.52 bits per heavy atom. The van der Waals surface area contributed by atoms with Crippen LogP contribution in [-0.4, -0.2) is 38.5 Å². The molecule has 2 aromatic carbocycles. The van der Waals surface area contributed by atoms with Gasteiger partial charge < -0.3 is 19.1 Å². The number of amides is 1. The number of carbonyl (C=O) groups excluding carboxylic acids is 2. The Labute approximate surface area is 168 Å². The van der Waals surface area contributed by atoms with Crippen LogP contribution in [0.5, 0.6) is 11.5 Å². The largest absolute Gasteiger partial charge is 0.497 e. The normalized spacial score (nSPS) is 17.5. The summed E-state index contributed by atoms with van der Waals surface area (Å²) >= 11 is 0. The number of carbonyl (C=O) groups is 2. The van der Waals surface area contributed by atoms with Crippen LogP contribution < -0.4 is 14.4 Å². The molecule has 7 heteroatoms. The number of nitrogens with zero attached hydrogens (tertiary/aromatic N) is 2. The summed E-state index contributed by atoms with van der Waals surface area (Å²) in [5.74, 6) is 1.04. The summed E-state index contributed by atoms with van der Waals surface area (Å²) in [6.45, 7) is 0.727. The van der Waals surface area contributed by atoms with E-state index in [-0.39, 0.29) is 17.5 Å². The number of rotatable bonds is 5. The quantitative estimate of drug-likeness (QED) is 0.577. The zero-order chi connectivity index (χ0) is 20.4. The van der Waals surface area contributed by atoms with Gasteiger partial charge in [-0.05, 0) is 48.9 Å². The third-order valence-corrected chi connectivity index (χ3v) is 4.85. The molecule has 7 nitrogen and oxygen atoms in total. The lowest BCUT2D eigenvalue weighted by Gasteiger charge is -2.15. The monoisotopic (exact) mass is 392 g/mol. The van der Waals surface area contributed by atoms with Gasteiger partial charge in [-0.2, -0.15) is 0 Å². The van der Waals surface area contributed by atoms with Crippen molar-refractivity contribution < 1.29 is 23.8 Å². The van der Waals surface area contributed by atoms with Gasteiger partial charge in [-0.3, -0.25) is 4.79 Å². The highest BCUT2D eigenvalue weighted by Crippen LogP contribution is 2.29. The van der Waals surface area contributed by atoms with Crippen molar-refractivity contribution >= 4 is 29.5 Å². The van der Waals surface area contributed by atoms with Crippen LogP contribution in [0, 0.1) is 0 Å². The van der Waals surface area contributed by atoms with Crippen molar-refractivity contribution in [2.24, 2.45) is 4.99 Å². The Balaban J connectivity index is 1.59.